The minimum Gasteiger partial charge on any atom is -0.481 e. The maximum absolute atomic E-state index is 13.2. The number of aliphatic carboxylic acids is 1. The number of carboxylic acids is 1. The Bertz CT molecular complexity index is 3020. The van der Waals surface area contributed by atoms with Gasteiger partial charge in [0.15, 0.2) is 37.4 Å². The van der Waals surface area contributed by atoms with E-state index in [0.29, 0.717) is 32.1 Å². The van der Waals surface area contributed by atoms with E-state index in [1.807, 2.05) is 0 Å². The van der Waals surface area contributed by atoms with E-state index in [9.17, 15) is 126 Å². The number of carbonyl (C=O) groups excluding carboxylic acids is 4. The maximum atomic E-state index is 13.2. The van der Waals surface area contributed by atoms with Crippen LogP contribution in [0.1, 0.15) is 96.3 Å². The molecule has 108 heavy (non-hydrogen) atoms. The molecule has 614 valence electrons. The van der Waals surface area contributed by atoms with Crippen molar-refractivity contribution in [3.63, 3.8) is 0 Å². The first-order valence-electron chi connectivity index (χ1n) is 36.7. The maximum Gasteiger partial charge on any atom is 0.330 e. The summed E-state index contributed by atoms with van der Waals surface area (Å²) in [6, 6.07) is 0. The minimum atomic E-state index is -2.03. The zero-order chi connectivity index (χ0) is 78.3. The van der Waals surface area contributed by atoms with E-state index in [2.05, 4.69) is 0 Å². The summed E-state index contributed by atoms with van der Waals surface area (Å²) in [6.07, 6.45) is -44.6. The third-order valence-corrected chi connectivity index (χ3v) is 22.3. The molecule has 0 amide bonds. The third kappa shape index (κ3) is 21.6. The molecule has 5 saturated heterocycles. The summed E-state index contributed by atoms with van der Waals surface area (Å²) in [7, 11) is 0. The molecule has 0 aromatic carbocycles. The highest BCUT2D eigenvalue weighted by molar-refractivity contribution is 5.90. The van der Waals surface area contributed by atoms with E-state index in [4.69, 9.17) is 66.7 Å². The van der Waals surface area contributed by atoms with Crippen LogP contribution in [0.15, 0.2) is 36.5 Å². The predicted molar refractivity (Wildman–Crippen MR) is 350 cm³/mol. The Balaban J connectivity index is 0.752. The van der Waals surface area contributed by atoms with Gasteiger partial charge in [-0.2, -0.15) is 0 Å². The highest BCUT2D eigenvalue weighted by Gasteiger charge is 2.59. The summed E-state index contributed by atoms with van der Waals surface area (Å²) >= 11 is 0. The summed E-state index contributed by atoms with van der Waals surface area (Å²) in [4.78, 5) is 61.9. The molecule has 5 aliphatic carbocycles. The van der Waals surface area contributed by atoms with E-state index in [0.717, 1.165) is 18.2 Å². The van der Waals surface area contributed by atoms with Crippen LogP contribution in [0.2, 0.25) is 0 Å². The van der Waals surface area contributed by atoms with Crippen molar-refractivity contribution in [3.05, 3.63) is 36.5 Å². The quantitative estimate of drug-likeness (QED) is 0.0133. The van der Waals surface area contributed by atoms with Crippen LogP contribution in [0, 0.1) is 29.6 Å². The van der Waals surface area contributed by atoms with Gasteiger partial charge in [0.2, 0.25) is 0 Å². The van der Waals surface area contributed by atoms with E-state index < -0.39 is 289 Å². The molecule has 10 rings (SSSR count). The molecule has 5 aliphatic heterocycles. The molecule has 10 aliphatic rings. The molecular weight excluding hydrogens is 1450 g/mol. The first-order valence-corrected chi connectivity index (χ1v) is 36.7. The standard InChI is InChI=1S/C69H104O39/c70-32-7-1-26(13-35(32)73)4-10-48(79)97-23-44-54(85)58(89)62(93)67(106-44)102-39-9-3-28(15-37(39)75)6-12-50(81)96-22-43-53(84)57(88)61(92)66(105-43)100-30-18-34(72)31-20-42(104-69-64(95)60(91)56(87)46(108-69)25-99-51(82)21-47(77)78)65(101-40(31)19-30)29-16-38(76)52(83)41(17-29)103-68-63(94)59(90)55(86)45(107-68)24-98-49(80)11-5-27-2-8-33(71)36(74)14-27/h4-6,10-12,26-46,52-76,83-95H,1-3,7-9,13-25H2,(H,77,78)/p+1. The molecule has 39 unspecified atom stereocenters. The molecule has 5 heterocycles. The van der Waals surface area contributed by atoms with Gasteiger partial charge in [-0.25, -0.2) is 14.4 Å². The van der Waals surface area contributed by atoms with Gasteiger partial charge in [-0.1, -0.05) is 18.2 Å². The van der Waals surface area contributed by atoms with Gasteiger partial charge < -0.3 is 169 Å². The smallest absolute Gasteiger partial charge is 0.330 e. The van der Waals surface area contributed by atoms with Gasteiger partial charge in [-0.3, -0.25) is 9.59 Å². The normalized spacial score (nSPS) is 46.9. The molecule has 5 saturated carbocycles. The van der Waals surface area contributed by atoms with Crippen molar-refractivity contribution in [1.82, 2.24) is 0 Å². The van der Waals surface area contributed by atoms with Crippen LogP contribution in [-0.4, -0.2) is 377 Å². The molecule has 0 aromatic heterocycles. The summed E-state index contributed by atoms with van der Waals surface area (Å²) in [5.74, 6) is -8.19. The number of ether oxygens (including phenoxy) is 13. The van der Waals surface area contributed by atoms with Crippen LogP contribution in [-0.2, 0) is 80.8 Å². The Hall–Kier alpha value is -4.59. The van der Waals surface area contributed by atoms with Crippen LogP contribution in [0.25, 0.3) is 0 Å². The average Bonchev–Trinajstić information content (AvgIpc) is 0.764. The van der Waals surface area contributed by atoms with Crippen LogP contribution >= 0.6 is 0 Å². The minimum absolute atomic E-state index is 0.0103. The lowest BCUT2D eigenvalue weighted by atomic mass is 9.72. The number of aliphatic hydroxyl groups excluding tert-OH is 20. The summed E-state index contributed by atoms with van der Waals surface area (Å²) < 4.78 is 73.8. The first kappa shape index (κ1) is 85.8. The Kier molecular flexibility index (Phi) is 30.6. The van der Waals surface area contributed by atoms with E-state index >= 15 is 0 Å². The number of carboxylic acid groups (broad SMARTS) is 1. The van der Waals surface area contributed by atoms with Crippen molar-refractivity contribution < 1.29 is 193 Å². The summed E-state index contributed by atoms with van der Waals surface area (Å²) in [5.41, 5.74) is 0. The SMILES string of the molecule is O=C(O)CC(=O)OCC1OC(OC2CC3C(O)CC(OC4OC(COC(=O)C=CC5CCC(OC6OC(COC(=O)C=CC7CCC(O)C(O)C7)C(O)C(O)C6O)C(O)C5)C(O)C(O)C4O)CC3[OH+]C2C2CC(O)C(O)C(OC3OC(COC(=O)C=CC4CCC(O)C(O)C4)C(O)C(O)C3O)C2)C(O)C(O)C1O. The lowest BCUT2D eigenvalue weighted by molar-refractivity contribution is -0.365. The molecular formula is C69H105O39+. The van der Waals surface area contributed by atoms with Crippen molar-refractivity contribution in [2.75, 3.05) is 26.4 Å². The Morgan fingerprint density at radius 3 is 1.15 bits per heavy atom. The fraction of sp³-hybridized carbons (Fsp3) is 0.841. The lowest BCUT2D eigenvalue weighted by Gasteiger charge is -2.50. The second kappa shape index (κ2) is 38.5. The van der Waals surface area contributed by atoms with Gasteiger partial charge >= 0.3 is 29.8 Å². The van der Waals surface area contributed by atoms with Gasteiger partial charge in [-0.15, -0.1) is 0 Å². The second-order valence-corrected chi connectivity index (χ2v) is 30.1. The molecule has 39 nitrogen and oxygen atoms in total. The first-order chi connectivity index (χ1) is 51.2. The average molecular weight is 1560 g/mol. The van der Waals surface area contributed by atoms with Crippen molar-refractivity contribution in [3.8, 4) is 0 Å². The van der Waals surface area contributed by atoms with Gasteiger partial charge in [-0.05, 0) is 94.8 Å². The number of rotatable bonds is 25. The van der Waals surface area contributed by atoms with Gasteiger partial charge in [0.1, 0.15) is 143 Å². The number of esters is 4. The van der Waals surface area contributed by atoms with Crippen LogP contribution in [0.5, 0.6) is 0 Å². The number of allylic oxidation sites excluding steroid dienone is 3. The number of hydrogen-bond donors (Lipinski definition) is 21. The van der Waals surface area contributed by atoms with Gasteiger partial charge in [0, 0.05) is 37.0 Å². The van der Waals surface area contributed by atoms with Crippen molar-refractivity contribution >= 4 is 29.8 Å². The summed E-state index contributed by atoms with van der Waals surface area (Å²) in [5, 5.41) is 227. The van der Waals surface area contributed by atoms with E-state index in [1.54, 1.807) is 0 Å². The number of carbonyl (C=O) groups is 5. The highest BCUT2D eigenvalue weighted by Crippen LogP contribution is 2.45. The van der Waals surface area contributed by atoms with Crippen molar-refractivity contribution in [2.45, 2.75) is 305 Å². The highest BCUT2D eigenvalue weighted by atomic mass is 16.7. The molecule has 0 spiro atoms. The van der Waals surface area contributed by atoms with Crippen molar-refractivity contribution in [1.29, 1.82) is 0 Å². The Morgan fingerprint density at radius 1 is 0.343 bits per heavy atom. The fourth-order valence-electron chi connectivity index (χ4n) is 15.9. The molecule has 0 bridgehead atoms. The van der Waals surface area contributed by atoms with E-state index in [-0.39, 0.29) is 69.6 Å². The third-order valence-electron chi connectivity index (χ3n) is 22.3. The van der Waals surface area contributed by atoms with Crippen LogP contribution in [0.4, 0.5) is 0 Å². The Labute approximate surface area is 617 Å². The monoisotopic (exact) mass is 1560 g/mol. The van der Waals surface area contributed by atoms with E-state index in [1.165, 1.54) is 18.2 Å². The zero-order valence-corrected chi connectivity index (χ0v) is 58.7. The second-order valence-electron chi connectivity index (χ2n) is 30.1. The van der Waals surface area contributed by atoms with Crippen LogP contribution < -0.4 is 0 Å². The molecule has 39 heteroatoms. The molecule has 22 N–H and O–H groups in total. The number of aliphatic hydroxyl groups is 22. The number of hydrogen-bond acceptors (Lipinski definition) is 37. The molecule has 39 atom stereocenters. The molecule has 0 radical (unpaired) electrons. The Morgan fingerprint density at radius 2 is 0.731 bits per heavy atom. The molecule has 10 fully saturated rings. The summed E-state index contributed by atoms with van der Waals surface area (Å²) in [6.45, 7) is -2.80. The topological polar surface area (TPSA) is 634 Å². The van der Waals surface area contributed by atoms with Gasteiger partial charge in [0.05, 0.1) is 67.0 Å². The lowest BCUT2D eigenvalue weighted by Crippen LogP contribution is -2.64. The number of fused-ring (bicyclic) bond motifs is 1. The largest absolute Gasteiger partial charge is 0.481 e. The van der Waals surface area contributed by atoms with Crippen molar-refractivity contribution in [2.24, 2.45) is 29.6 Å². The van der Waals surface area contributed by atoms with Gasteiger partial charge in [0.25, 0.3) is 0 Å². The molecule has 0 aromatic rings. The predicted octanol–water partition coefficient (Wildman–Crippen LogP) is -9.15. The fourth-order valence-corrected chi connectivity index (χ4v) is 15.9. The zero-order valence-electron chi connectivity index (χ0n) is 58.7. The van der Waals surface area contributed by atoms with Crippen LogP contribution in [0.3, 0.4) is 0 Å².